The van der Waals surface area contributed by atoms with Crippen LogP contribution < -0.4 is 0 Å². The van der Waals surface area contributed by atoms with Crippen LogP contribution in [0.2, 0.25) is 0 Å². The summed E-state index contributed by atoms with van der Waals surface area (Å²) in [6, 6.07) is 0. The predicted octanol–water partition coefficient (Wildman–Crippen LogP) is 3.23. The van der Waals surface area contributed by atoms with Gasteiger partial charge in [0.05, 0.1) is 0 Å². The molecule has 54 valence electrons. The van der Waals surface area contributed by atoms with Crippen molar-refractivity contribution >= 4 is 23.2 Å². The van der Waals surface area contributed by atoms with Crippen LogP contribution in [0.25, 0.3) is 0 Å². The Morgan fingerprint density at radius 1 is 1.50 bits per heavy atom. The molecule has 0 aromatic rings. The maximum Gasteiger partial charge on any atom is 0.0471 e. The summed E-state index contributed by atoms with van der Waals surface area (Å²) < 4.78 is 0. The van der Waals surface area contributed by atoms with Crippen LogP contribution in [0.5, 0.6) is 0 Å². The summed E-state index contributed by atoms with van der Waals surface area (Å²) in [7, 11) is 0. The van der Waals surface area contributed by atoms with Gasteiger partial charge in [-0.1, -0.05) is 29.8 Å². The minimum absolute atomic E-state index is 0.589. The molecule has 0 saturated carbocycles. The van der Waals surface area contributed by atoms with Crippen molar-refractivity contribution in [1.29, 1.82) is 0 Å². The van der Waals surface area contributed by atoms with Gasteiger partial charge in [0, 0.05) is 11.4 Å². The standard InChI is InChI=1S/C8H8Cl2/c9-5-7-1-2-8(6-10)4-3-7/h1-3,6H,4-5H2. The van der Waals surface area contributed by atoms with E-state index in [4.69, 9.17) is 23.2 Å². The Kier molecular flexibility index (Phi) is 3.04. The van der Waals surface area contributed by atoms with Crippen LogP contribution in [0, 0.1) is 0 Å². The van der Waals surface area contributed by atoms with E-state index in [1.807, 2.05) is 12.2 Å². The third-order valence-electron chi connectivity index (χ3n) is 1.41. The van der Waals surface area contributed by atoms with Crippen LogP contribution in [0.4, 0.5) is 0 Å². The Labute approximate surface area is 70.8 Å². The smallest absolute Gasteiger partial charge is 0.0471 e. The van der Waals surface area contributed by atoms with Crippen LogP contribution in [0.15, 0.2) is 34.9 Å². The lowest BCUT2D eigenvalue weighted by Crippen LogP contribution is -1.87. The molecule has 0 unspecified atom stereocenters. The van der Waals surface area contributed by atoms with Crippen molar-refractivity contribution in [3.63, 3.8) is 0 Å². The SMILES string of the molecule is ClC=C1C=CC(CCl)=CC1. The predicted molar refractivity (Wildman–Crippen MR) is 46.5 cm³/mol. The fourth-order valence-electron chi connectivity index (χ4n) is 0.779. The van der Waals surface area contributed by atoms with Gasteiger partial charge in [0.15, 0.2) is 0 Å². The minimum Gasteiger partial charge on any atom is -0.122 e. The number of alkyl halides is 1. The molecule has 0 radical (unpaired) electrons. The highest BCUT2D eigenvalue weighted by molar-refractivity contribution is 6.25. The summed E-state index contributed by atoms with van der Waals surface area (Å²) in [5, 5.41) is 0. The Morgan fingerprint density at radius 3 is 2.70 bits per heavy atom. The van der Waals surface area contributed by atoms with Crippen LogP contribution >= 0.6 is 23.2 Å². The molecule has 0 fully saturated rings. The maximum atomic E-state index is 5.60. The van der Waals surface area contributed by atoms with Crippen LogP contribution in [-0.2, 0) is 0 Å². The lowest BCUT2D eigenvalue weighted by atomic mass is 10.1. The van der Waals surface area contributed by atoms with Crippen molar-refractivity contribution in [3.05, 3.63) is 34.9 Å². The third kappa shape index (κ3) is 1.89. The molecule has 0 aromatic heterocycles. The summed E-state index contributed by atoms with van der Waals surface area (Å²) in [5.74, 6) is 0.589. The van der Waals surface area contributed by atoms with Crippen molar-refractivity contribution in [1.82, 2.24) is 0 Å². The van der Waals surface area contributed by atoms with Gasteiger partial charge in [0.25, 0.3) is 0 Å². The minimum atomic E-state index is 0.589. The molecule has 0 spiro atoms. The molecule has 1 aliphatic rings. The van der Waals surface area contributed by atoms with Gasteiger partial charge >= 0.3 is 0 Å². The van der Waals surface area contributed by atoms with Crippen molar-refractivity contribution in [2.24, 2.45) is 0 Å². The summed E-state index contributed by atoms with van der Waals surface area (Å²) in [4.78, 5) is 0. The fraction of sp³-hybridized carbons (Fsp3) is 0.250. The third-order valence-corrected chi connectivity index (χ3v) is 1.99. The number of halogens is 2. The largest absolute Gasteiger partial charge is 0.122 e. The van der Waals surface area contributed by atoms with Crippen molar-refractivity contribution in [3.8, 4) is 0 Å². The molecule has 0 N–H and O–H groups in total. The highest BCUT2D eigenvalue weighted by Gasteiger charge is 1.97. The normalized spacial score (nSPS) is 21.4. The molecule has 0 nitrogen and oxygen atoms in total. The second-order valence-electron chi connectivity index (χ2n) is 2.13. The number of allylic oxidation sites excluding steroid dienone is 5. The molecule has 0 heterocycles. The van der Waals surface area contributed by atoms with Crippen molar-refractivity contribution in [2.75, 3.05) is 5.88 Å². The molecule has 0 amide bonds. The molecular weight excluding hydrogens is 167 g/mol. The van der Waals surface area contributed by atoms with Gasteiger partial charge in [0.2, 0.25) is 0 Å². The fourth-order valence-corrected chi connectivity index (χ4v) is 1.14. The van der Waals surface area contributed by atoms with Gasteiger partial charge in [-0.25, -0.2) is 0 Å². The van der Waals surface area contributed by atoms with Crippen molar-refractivity contribution < 1.29 is 0 Å². The Balaban J connectivity index is 2.63. The molecule has 0 bridgehead atoms. The Hall–Kier alpha value is -0.200. The first-order chi connectivity index (χ1) is 4.86. The maximum absolute atomic E-state index is 5.60. The second kappa shape index (κ2) is 3.85. The van der Waals surface area contributed by atoms with Gasteiger partial charge < -0.3 is 0 Å². The van der Waals surface area contributed by atoms with Gasteiger partial charge in [-0.05, 0) is 17.6 Å². The summed E-state index contributed by atoms with van der Waals surface area (Å²) in [5.41, 5.74) is 3.90. The summed E-state index contributed by atoms with van der Waals surface area (Å²) in [6.07, 6.45) is 6.97. The second-order valence-corrected chi connectivity index (χ2v) is 2.62. The highest BCUT2D eigenvalue weighted by atomic mass is 35.5. The lowest BCUT2D eigenvalue weighted by Gasteiger charge is -2.04. The first kappa shape index (κ1) is 7.90. The van der Waals surface area contributed by atoms with E-state index in [1.165, 1.54) is 5.57 Å². The average molecular weight is 175 g/mol. The molecule has 0 aromatic carbocycles. The van der Waals surface area contributed by atoms with Crippen LogP contribution in [-0.4, -0.2) is 5.88 Å². The van der Waals surface area contributed by atoms with Gasteiger partial charge in [-0.15, -0.1) is 11.6 Å². The van der Waals surface area contributed by atoms with E-state index in [0.717, 1.165) is 12.0 Å². The number of rotatable bonds is 1. The molecule has 1 aliphatic carbocycles. The first-order valence-electron chi connectivity index (χ1n) is 3.09. The highest BCUT2D eigenvalue weighted by Crippen LogP contribution is 2.16. The van der Waals surface area contributed by atoms with E-state index < -0.39 is 0 Å². The van der Waals surface area contributed by atoms with E-state index in [9.17, 15) is 0 Å². The van der Waals surface area contributed by atoms with Crippen molar-refractivity contribution in [2.45, 2.75) is 6.42 Å². The summed E-state index contributed by atoms with van der Waals surface area (Å²) >= 11 is 11.1. The molecule has 10 heavy (non-hydrogen) atoms. The summed E-state index contributed by atoms with van der Waals surface area (Å²) in [6.45, 7) is 0. The zero-order valence-electron chi connectivity index (χ0n) is 5.48. The Morgan fingerprint density at radius 2 is 2.30 bits per heavy atom. The van der Waals surface area contributed by atoms with E-state index in [1.54, 1.807) is 5.54 Å². The average Bonchev–Trinajstić information content (AvgIpc) is 2.05. The van der Waals surface area contributed by atoms with Crippen LogP contribution in [0.1, 0.15) is 6.42 Å². The molecule has 1 rings (SSSR count). The molecular formula is C8H8Cl2. The molecule has 0 atom stereocenters. The lowest BCUT2D eigenvalue weighted by molar-refractivity contribution is 1.23. The number of hydrogen-bond acceptors (Lipinski definition) is 0. The van der Waals surface area contributed by atoms with E-state index in [-0.39, 0.29) is 0 Å². The van der Waals surface area contributed by atoms with Gasteiger partial charge in [0.1, 0.15) is 0 Å². The van der Waals surface area contributed by atoms with E-state index in [0.29, 0.717) is 5.88 Å². The zero-order valence-corrected chi connectivity index (χ0v) is 6.99. The Bertz CT molecular complexity index is 199. The molecule has 0 aliphatic heterocycles. The molecule has 0 saturated heterocycles. The number of hydrogen-bond donors (Lipinski definition) is 0. The quantitative estimate of drug-likeness (QED) is 0.536. The van der Waals surface area contributed by atoms with Crippen LogP contribution in [0.3, 0.4) is 0 Å². The van der Waals surface area contributed by atoms with E-state index in [2.05, 4.69) is 6.08 Å². The monoisotopic (exact) mass is 174 g/mol. The molecule has 2 heteroatoms. The van der Waals surface area contributed by atoms with E-state index >= 15 is 0 Å². The topological polar surface area (TPSA) is 0 Å². The van der Waals surface area contributed by atoms with Gasteiger partial charge in [-0.2, -0.15) is 0 Å². The first-order valence-corrected chi connectivity index (χ1v) is 4.06. The zero-order chi connectivity index (χ0) is 7.40. The van der Waals surface area contributed by atoms with Gasteiger partial charge in [-0.3, -0.25) is 0 Å².